The summed E-state index contributed by atoms with van der Waals surface area (Å²) in [6.07, 6.45) is 0.684. The first kappa shape index (κ1) is 18.0. The van der Waals surface area contributed by atoms with Gasteiger partial charge in [0.25, 0.3) is 0 Å². The lowest BCUT2D eigenvalue weighted by molar-refractivity contribution is -0.126. The maximum atomic E-state index is 12.0. The van der Waals surface area contributed by atoms with Gasteiger partial charge in [0.2, 0.25) is 5.91 Å². The molecule has 0 aliphatic heterocycles. The van der Waals surface area contributed by atoms with Gasteiger partial charge in [-0.2, -0.15) is 0 Å². The van der Waals surface area contributed by atoms with Crippen LogP contribution in [0.2, 0.25) is 0 Å². The minimum absolute atomic E-state index is 0.101. The van der Waals surface area contributed by atoms with Crippen molar-refractivity contribution in [3.8, 4) is 0 Å². The Morgan fingerprint density at radius 2 is 1.86 bits per heavy atom. The van der Waals surface area contributed by atoms with E-state index in [2.05, 4.69) is 10.6 Å². The van der Waals surface area contributed by atoms with Gasteiger partial charge in [0.05, 0.1) is 0 Å². The molecule has 0 atom stereocenters. The standard InChI is InChI=1S/C16H24N2O4/c1-16(2,14(20)17-10-6-7-11-19)18-15(21)22-12-13-8-4-3-5-9-13/h3-5,8-9,19H,6-7,10-12H2,1-2H3,(H,17,20)(H,18,21). The van der Waals surface area contributed by atoms with E-state index in [-0.39, 0.29) is 19.1 Å². The van der Waals surface area contributed by atoms with Gasteiger partial charge in [-0.25, -0.2) is 4.79 Å². The second-order valence-electron chi connectivity index (χ2n) is 5.50. The first-order valence-electron chi connectivity index (χ1n) is 7.34. The molecular weight excluding hydrogens is 284 g/mol. The van der Waals surface area contributed by atoms with E-state index < -0.39 is 11.6 Å². The number of carbonyl (C=O) groups is 2. The van der Waals surface area contributed by atoms with E-state index in [1.807, 2.05) is 30.3 Å². The van der Waals surface area contributed by atoms with Crippen LogP contribution in [0.15, 0.2) is 30.3 Å². The zero-order valence-corrected chi connectivity index (χ0v) is 13.1. The number of hydrogen-bond donors (Lipinski definition) is 3. The summed E-state index contributed by atoms with van der Waals surface area (Å²) in [7, 11) is 0. The SMILES string of the molecule is CC(C)(NC(=O)OCc1ccccc1)C(=O)NCCCCO. The van der Waals surface area contributed by atoms with Gasteiger partial charge in [0.15, 0.2) is 0 Å². The highest BCUT2D eigenvalue weighted by Gasteiger charge is 2.29. The summed E-state index contributed by atoms with van der Waals surface area (Å²) in [6.45, 7) is 3.93. The molecule has 1 aromatic carbocycles. The molecule has 1 aromatic rings. The van der Waals surface area contributed by atoms with Crippen molar-refractivity contribution in [1.29, 1.82) is 0 Å². The molecule has 6 nitrogen and oxygen atoms in total. The van der Waals surface area contributed by atoms with Crippen molar-refractivity contribution >= 4 is 12.0 Å². The highest BCUT2D eigenvalue weighted by atomic mass is 16.5. The number of aliphatic hydroxyl groups is 1. The molecule has 0 fully saturated rings. The number of alkyl carbamates (subject to hydrolysis) is 1. The Morgan fingerprint density at radius 1 is 1.18 bits per heavy atom. The van der Waals surface area contributed by atoms with Crippen LogP contribution in [0.25, 0.3) is 0 Å². The van der Waals surface area contributed by atoms with Crippen molar-refractivity contribution in [3.63, 3.8) is 0 Å². The number of aliphatic hydroxyl groups excluding tert-OH is 1. The van der Waals surface area contributed by atoms with Crippen LogP contribution in [0.3, 0.4) is 0 Å². The van der Waals surface area contributed by atoms with Crippen molar-refractivity contribution < 1.29 is 19.4 Å². The molecule has 2 amide bonds. The molecule has 1 rings (SSSR count). The Kier molecular flexibility index (Phi) is 7.39. The van der Waals surface area contributed by atoms with Crippen LogP contribution in [-0.2, 0) is 16.1 Å². The van der Waals surface area contributed by atoms with Gasteiger partial charge in [0.1, 0.15) is 12.1 Å². The largest absolute Gasteiger partial charge is 0.445 e. The molecule has 0 unspecified atom stereocenters. The Hall–Kier alpha value is -2.08. The summed E-state index contributed by atoms with van der Waals surface area (Å²) in [6, 6.07) is 9.31. The monoisotopic (exact) mass is 308 g/mol. The number of ether oxygens (including phenoxy) is 1. The van der Waals surface area contributed by atoms with Gasteiger partial charge in [-0.1, -0.05) is 30.3 Å². The molecule has 3 N–H and O–H groups in total. The number of nitrogens with one attached hydrogen (secondary N) is 2. The number of rotatable bonds is 8. The number of amides is 2. The Bertz CT molecular complexity index is 474. The molecule has 0 aliphatic carbocycles. The van der Waals surface area contributed by atoms with E-state index in [0.717, 1.165) is 5.56 Å². The summed E-state index contributed by atoms with van der Waals surface area (Å²) >= 11 is 0. The number of hydrogen-bond acceptors (Lipinski definition) is 4. The highest BCUT2D eigenvalue weighted by molar-refractivity contribution is 5.89. The molecule has 0 radical (unpaired) electrons. The fraction of sp³-hybridized carbons (Fsp3) is 0.500. The predicted molar refractivity (Wildman–Crippen MR) is 83.2 cm³/mol. The van der Waals surface area contributed by atoms with Crippen LogP contribution in [-0.4, -0.2) is 35.8 Å². The first-order valence-corrected chi connectivity index (χ1v) is 7.34. The van der Waals surface area contributed by atoms with E-state index in [0.29, 0.717) is 19.4 Å². The lowest BCUT2D eigenvalue weighted by Crippen LogP contribution is -2.54. The molecule has 0 spiro atoms. The van der Waals surface area contributed by atoms with E-state index in [9.17, 15) is 9.59 Å². The second-order valence-corrected chi connectivity index (χ2v) is 5.50. The van der Waals surface area contributed by atoms with Crippen molar-refractivity contribution in [3.05, 3.63) is 35.9 Å². The summed E-state index contributed by atoms with van der Waals surface area (Å²) in [5.41, 5.74) is -0.184. The molecule has 6 heteroatoms. The minimum Gasteiger partial charge on any atom is -0.445 e. The maximum Gasteiger partial charge on any atom is 0.408 e. The predicted octanol–water partition coefficient (Wildman–Crippen LogP) is 1.58. The molecule has 0 aliphatic rings. The molecule has 0 aromatic heterocycles. The van der Waals surface area contributed by atoms with Crippen molar-refractivity contribution in [1.82, 2.24) is 10.6 Å². The van der Waals surface area contributed by atoms with Crippen LogP contribution in [0.5, 0.6) is 0 Å². The molecule has 122 valence electrons. The van der Waals surface area contributed by atoms with Gasteiger partial charge < -0.3 is 20.5 Å². The maximum absolute atomic E-state index is 12.0. The third kappa shape index (κ3) is 6.58. The molecule has 0 saturated carbocycles. The highest BCUT2D eigenvalue weighted by Crippen LogP contribution is 2.05. The third-order valence-corrected chi connectivity index (χ3v) is 3.07. The Morgan fingerprint density at radius 3 is 2.50 bits per heavy atom. The van der Waals surface area contributed by atoms with E-state index in [1.54, 1.807) is 13.8 Å². The topological polar surface area (TPSA) is 87.7 Å². The van der Waals surface area contributed by atoms with Gasteiger partial charge in [-0.15, -0.1) is 0 Å². The average molecular weight is 308 g/mol. The summed E-state index contributed by atoms with van der Waals surface area (Å²) in [4.78, 5) is 23.8. The smallest absolute Gasteiger partial charge is 0.408 e. The minimum atomic E-state index is -1.06. The number of benzene rings is 1. The van der Waals surface area contributed by atoms with Gasteiger partial charge in [-0.05, 0) is 32.3 Å². The molecule has 0 heterocycles. The van der Waals surface area contributed by atoms with Crippen molar-refractivity contribution in [2.75, 3.05) is 13.2 Å². The zero-order chi connectivity index (χ0) is 16.4. The van der Waals surface area contributed by atoms with E-state index >= 15 is 0 Å². The van der Waals surface area contributed by atoms with Crippen LogP contribution in [0.1, 0.15) is 32.3 Å². The van der Waals surface area contributed by atoms with Gasteiger partial charge >= 0.3 is 6.09 Å². The Balaban J connectivity index is 2.35. The van der Waals surface area contributed by atoms with Crippen molar-refractivity contribution in [2.24, 2.45) is 0 Å². The summed E-state index contributed by atoms with van der Waals surface area (Å²) in [5, 5.41) is 13.9. The fourth-order valence-corrected chi connectivity index (χ4v) is 1.73. The molecule has 0 bridgehead atoms. The van der Waals surface area contributed by atoms with Gasteiger partial charge in [-0.3, -0.25) is 4.79 Å². The fourth-order valence-electron chi connectivity index (χ4n) is 1.73. The van der Waals surface area contributed by atoms with Crippen LogP contribution >= 0.6 is 0 Å². The normalized spacial score (nSPS) is 10.9. The summed E-state index contributed by atoms with van der Waals surface area (Å²) < 4.78 is 5.09. The van der Waals surface area contributed by atoms with E-state index in [1.165, 1.54) is 0 Å². The lowest BCUT2D eigenvalue weighted by atomic mass is 10.1. The number of unbranched alkanes of at least 4 members (excludes halogenated alkanes) is 1. The van der Waals surface area contributed by atoms with Crippen LogP contribution in [0, 0.1) is 0 Å². The van der Waals surface area contributed by atoms with E-state index in [4.69, 9.17) is 9.84 Å². The quantitative estimate of drug-likeness (QED) is 0.636. The lowest BCUT2D eigenvalue weighted by Gasteiger charge is -2.24. The van der Waals surface area contributed by atoms with Crippen molar-refractivity contribution in [2.45, 2.75) is 38.8 Å². The Labute approximate surface area is 130 Å². The van der Waals surface area contributed by atoms with Gasteiger partial charge in [0, 0.05) is 13.2 Å². The zero-order valence-electron chi connectivity index (χ0n) is 13.1. The molecular formula is C16H24N2O4. The first-order chi connectivity index (χ1) is 10.5. The van der Waals surface area contributed by atoms with Crippen LogP contribution < -0.4 is 10.6 Å². The molecule has 22 heavy (non-hydrogen) atoms. The average Bonchev–Trinajstić information content (AvgIpc) is 2.50. The summed E-state index contributed by atoms with van der Waals surface area (Å²) in [5.74, 6) is -0.290. The van der Waals surface area contributed by atoms with Crippen LogP contribution in [0.4, 0.5) is 4.79 Å². The third-order valence-electron chi connectivity index (χ3n) is 3.07. The second kappa shape index (κ2) is 9.04. The molecule has 0 saturated heterocycles. The number of carbonyl (C=O) groups excluding carboxylic acids is 2.